The largest absolute Gasteiger partial charge is 0.505 e. The van der Waals surface area contributed by atoms with E-state index >= 15 is 0 Å². The topological polar surface area (TPSA) is 106 Å². The van der Waals surface area contributed by atoms with Crippen LogP contribution < -0.4 is 5.73 Å². The quantitative estimate of drug-likeness (QED) is 0.744. The number of aliphatic hydroxyl groups is 1. The molecule has 2 aromatic rings. The van der Waals surface area contributed by atoms with Gasteiger partial charge in [-0.25, -0.2) is 13.8 Å². The van der Waals surface area contributed by atoms with E-state index in [0.717, 1.165) is 12.1 Å². The third-order valence-electron chi connectivity index (χ3n) is 3.17. The predicted octanol–water partition coefficient (Wildman–Crippen LogP) is 1.37. The Morgan fingerprint density at radius 2 is 1.96 bits per heavy atom. The van der Waals surface area contributed by atoms with Crippen LogP contribution in [0.5, 0.6) is 5.75 Å². The molecule has 4 N–H and O–H groups in total. The molecule has 2 rings (SSSR count). The first-order chi connectivity index (χ1) is 10.9. The molecule has 0 unspecified atom stereocenters. The van der Waals surface area contributed by atoms with E-state index < -0.39 is 29.9 Å². The van der Waals surface area contributed by atoms with Crippen molar-refractivity contribution >= 4 is 5.91 Å². The Labute approximate surface area is 130 Å². The zero-order valence-corrected chi connectivity index (χ0v) is 11.9. The van der Waals surface area contributed by atoms with Crippen LogP contribution in [0, 0.1) is 11.6 Å². The zero-order chi connectivity index (χ0) is 17.0. The maximum absolute atomic E-state index is 13.5. The molecule has 23 heavy (non-hydrogen) atoms. The van der Waals surface area contributed by atoms with Crippen molar-refractivity contribution in [2.45, 2.75) is 19.8 Å². The van der Waals surface area contributed by atoms with E-state index in [1.54, 1.807) is 0 Å². The third kappa shape index (κ3) is 3.79. The van der Waals surface area contributed by atoms with Crippen LogP contribution >= 0.6 is 0 Å². The fourth-order valence-corrected chi connectivity index (χ4v) is 1.97. The Morgan fingerprint density at radius 1 is 1.26 bits per heavy atom. The Balaban J connectivity index is 2.11. The van der Waals surface area contributed by atoms with Crippen molar-refractivity contribution in [1.29, 1.82) is 0 Å². The number of primary amides is 1. The number of halogens is 2. The van der Waals surface area contributed by atoms with Crippen LogP contribution in [0.25, 0.3) is 0 Å². The molecule has 0 fully saturated rings. The molecule has 1 amide bonds. The SMILES string of the molecule is NC(=O)c1ncc(COCc2ccc(F)cc2F)c(CO)c1O. The summed E-state index contributed by atoms with van der Waals surface area (Å²) in [5.41, 5.74) is 5.21. The highest BCUT2D eigenvalue weighted by atomic mass is 19.1. The summed E-state index contributed by atoms with van der Waals surface area (Å²) in [6.07, 6.45) is 1.23. The van der Waals surface area contributed by atoms with Crippen LogP contribution in [-0.2, 0) is 24.6 Å². The van der Waals surface area contributed by atoms with Gasteiger partial charge in [-0.3, -0.25) is 4.79 Å². The number of ether oxygens (including phenoxy) is 1. The van der Waals surface area contributed by atoms with Crippen molar-refractivity contribution in [2.75, 3.05) is 0 Å². The molecule has 0 spiro atoms. The molecule has 1 aromatic carbocycles. The number of aromatic nitrogens is 1. The molecule has 0 aliphatic heterocycles. The second-order valence-electron chi connectivity index (χ2n) is 4.71. The summed E-state index contributed by atoms with van der Waals surface area (Å²) in [5, 5.41) is 19.1. The molecule has 1 heterocycles. The van der Waals surface area contributed by atoms with E-state index in [9.17, 15) is 23.8 Å². The molecular formula is C15H14F2N2O4. The number of carbonyl (C=O) groups excluding carboxylic acids is 1. The number of hydrogen-bond acceptors (Lipinski definition) is 5. The zero-order valence-electron chi connectivity index (χ0n) is 11.9. The van der Waals surface area contributed by atoms with Crippen molar-refractivity contribution in [1.82, 2.24) is 4.98 Å². The number of hydrogen-bond donors (Lipinski definition) is 3. The number of aliphatic hydroxyl groups excluding tert-OH is 1. The number of benzene rings is 1. The van der Waals surface area contributed by atoms with Gasteiger partial charge in [0.2, 0.25) is 0 Å². The van der Waals surface area contributed by atoms with Gasteiger partial charge in [0.1, 0.15) is 11.6 Å². The average molecular weight is 324 g/mol. The fourth-order valence-electron chi connectivity index (χ4n) is 1.97. The van der Waals surface area contributed by atoms with Gasteiger partial charge < -0.3 is 20.7 Å². The van der Waals surface area contributed by atoms with Crippen molar-refractivity contribution in [3.8, 4) is 5.75 Å². The molecule has 8 heteroatoms. The van der Waals surface area contributed by atoms with Crippen LogP contribution in [0.4, 0.5) is 8.78 Å². The molecule has 122 valence electrons. The lowest BCUT2D eigenvalue weighted by Crippen LogP contribution is -2.15. The van der Waals surface area contributed by atoms with Gasteiger partial charge in [0.15, 0.2) is 11.4 Å². The Morgan fingerprint density at radius 3 is 2.57 bits per heavy atom. The first-order valence-electron chi connectivity index (χ1n) is 6.56. The third-order valence-corrected chi connectivity index (χ3v) is 3.17. The summed E-state index contributed by atoms with van der Waals surface area (Å²) in [6.45, 7) is -0.806. The lowest BCUT2D eigenvalue weighted by atomic mass is 10.1. The number of rotatable bonds is 6. The maximum Gasteiger partial charge on any atom is 0.271 e. The standard InChI is InChI=1S/C15H14F2N2O4/c16-10-2-1-8(12(17)3-10)6-23-7-9-4-19-13(15(18)22)14(21)11(9)5-20/h1-4,20-21H,5-7H2,(H2,18,22). The molecule has 0 atom stereocenters. The summed E-state index contributed by atoms with van der Waals surface area (Å²) in [4.78, 5) is 14.8. The molecule has 0 saturated carbocycles. The minimum absolute atomic E-state index is 0.0494. The monoisotopic (exact) mass is 324 g/mol. The van der Waals surface area contributed by atoms with Crippen LogP contribution in [0.3, 0.4) is 0 Å². The Hall–Kier alpha value is -2.58. The number of nitrogens with two attached hydrogens (primary N) is 1. The van der Waals surface area contributed by atoms with Gasteiger partial charge >= 0.3 is 0 Å². The van der Waals surface area contributed by atoms with Crippen molar-refractivity contribution in [2.24, 2.45) is 5.73 Å². The van der Waals surface area contributed by atoms with Crippen LogP contribution in [0.2, 0.25) is 0 Å². The highest BCUT2D eigenvalue weighted by Gasteiger charge is 2.17. The molecule has 0 aliphatic rings. The van der Waals surface area contributed by atoms with Crippen LogP contribution in [-0.4, -0.2) is 21.1 Å². The van der Waals surface area contributed by atoms with Gasteiger partial charge in [-0.1, -0.05) is 6.07 Å². The van der Waals surface area contributed by atoms with Gasteiger partial charge in [0, 0.05) is 29.0 Å². The minimum Gasteiger partial charge on any atom is -0.505 e. The first kappa shape index (κ1) is 16.8. The van der Waals surface area contributed by atoms with Crippen LogP contribution in [0.1, 0.15) is 27.2 Å². The van der Waals surface area contributed by atoms with Gasteiger partial charge in [-0.05, 0) is 6.07 Å². The number of aromatic hydroxyl groups is 1. The normalized spacial score (nSPS) is 10.7. The molecular weight excluding hydrogens is 310 g/mol. The Bertz CT molecular complexity index is 738. The lowest BCUT2D eigenvalue weighted by molar-refractivity contribution is 0.0984. The molecule has 0 bridgehead atoms. The predicted molar refractivity (Wildman–Crippen MR) is 75.2 cm³/mol. The van der Waals surface area contributed by atoms with E-state index in [1.807, 2.05) is 0 Å². The number of carbonyl (C=O) groups is 1. The molecule has 6 nitrogen and oxygen atoms in total. The summed E-state index contributed by atoms with van der Waals surface area (Å²) < 4.78 is 31.5. The molecule has 0 saturated heterocycles. The second kappa shape index (κ2) is 7.12. The highest BCUT2D eigenvalue weighted by Crippen LogP contribution is 2.25. The maximum atomic E-state index is 13.5. The highest BCUT2D eigenvalue weighted by molar-refractivity contribution is 5.93. The smallest absolute Gasteiger partial charge is 0.271 e. The Kier molecular flexibility index (Phi) is 5.20. The number of amides is 1. The second-order valence-corrected chi connectivity index (χ2v) is 4.71. The summed E-state index contributed by atoms with van der Waals surface area (Å²) >= 11 is 0. The lowest BCUT2D eigenvalue weighted by Gasteiger charge is -2.12. The van der Waals surface area contributed by atoms with E-state index in [-0.39, 0.29) is 30.0 Å². The van der Waals surface area contributed by atoms with Gasteiger partial charge in [-0.15, -0.1) is 0 Å². The fraction of sp³-hybridized carbons (Fsp3) is 0.200. The van der Waals surface area contributed by atoms with Crippen molar-refractivity contribution in [3.63, 3.8) is 0 Å². The first-order valence-corrected chi connectivity index (χ1v) is 6.56. The van der Waals surface area contributed by atoms with Crippen molar-refractivity contribution in [3.05, 3.63) is 58.4 Å². The van der Waals surface area contributed by atoms with E-state index in [4.69, 9.17) is 10.5 Å². The molecule has 0 radical (unpaired) electrons. The van der Waals surface area contributed by atoms with Gasteiger partial charge in [-0.2, -0.15) is 0 Å². The number of pyridine rings is 1. The van der Waals surface area contributed by atoms with Crippen molar-refractivity contribution < 1.29 is 28.5 Å². The van der Waals surface area contributed by atoms with E-state index in [1.165, 1.54) is 12.3 Å². The number of nitrogens with zero attached hydrogens (tertiary/aromatic N) is 1. The summed E-state index contributed by atoms with van der Waals surface area (Å²) in [7, 11) is 0. The average Bonchev–Trinajstić information content (AvgIpc) is 2.49. The van der Waals surface area contributed by atoms with Gasteiger partial charge in [0.05, 0.1) is 19.8 Å². The van der Waals surface area contributed by atoms with Gasteiger partial charge in [0.25, 0.3) is 5.91 Å². The summed E-state index contributed by atoms with van der Waals surface area (Å²) in [6, 6.07) is 3.10. The van der Waals surface area contributed by atoms with E-state index in [2.05, 4.69) is 4.98 Å². The minimum atomic E-state index is -0.932. The van der Waals surface area contributed by atoms with E-state index in [0.29, 0.717) is 5.56 Å². The van der Waals surface area contributed by atoms with Crippen LogP contribution in [0.15, 0.2) is 24.4 Å². The molecule has 1 aromatic heterocycles. The molecule has 0 aliphatic carbocycles. The summed E-state index contributed by atoms with van der Waals surface area (Å²) in [5.74, 6) is -2.88.